The van der Waals surface area contributed by atoms with Gasteiger partial charge in [-0.05, 0) is 24.3 Å². The first kappa shape index (κ1) is 16.9. The maximum Gasteiger partial charge on any atom is 0.241 e. The molecule has 0 N–H and O–H groups in total. The van der Waals surface area contributed by atoms with Gasteiger partial charge in [0.1, 0.15) is 5.75 Å². The van der Waals surface area contributed by atoms with E-state index in [0.29, 0.717) is 24.5 Å². The number of aromatic nitrogens is 1. The Morgan fingerprint density at radius 3 is 2.62 bits per heavy atom. The number of ether oxygens (including phenoxy) is 1. The largest absolute Gasteiger partial charge is 0.497 e. The summed E-state index contributed by atoms with van der Waals surface area (Å²) in [5.74, 6) is -0.316. The molecule has 1 heterocycles. The fourth-order valence-electron chi connectivity index (χ4n) is 2.26. The third-order valence-corrected chi connectivity index (χ3v) is 3.39. The Balaban J connectivity index is 3.25. The van der Waals surface area contributed by atoms with E-state index >= 15 is 0 Å². The van der Waals surface area contributed by atoms with E-state index < -0.39 is 11.4 Å². The number of hydrogen-bond donors (Lipinski definition) is 0. The van der Waals surface area contributed by atoms with Gasteiger partial charge in [0.05, 0.1) is 7.11 Å². The van der Waals surface area contributed by atoms with Gasteiger partial charge < -0.3 is 4.74 Å². The van der Waals surface area contributed by atoms with Crippen molar-refractivity contribution in [3.8, 4) is 5.75 Å². The van der Waals surface area contributed by atoms with Crippen molar-refractivity contribution >= 4 is 12.1 Å². The molecule has 0 saturated carbocycles. The number of rotatable bonds is 9. The van der Waals surface area contributed by atoms with E-state index in [0.717, 1.165) is 0 Å². The van der Waals surface area contributed by atoms with E-state index in [9.17, 15) is 14.5 Å². The molecule has 0 saturated heterocycles. The molecule has 0 bridgehead atoms. The molecular formula is C14H19N3O4. The molecule has 1 atom stereocenters. The van der Waals surface area contributed by atoms with Crippen molar-refractivity contribution < 1.29 is 14.3 Å². The van der Waals surface area contributed by atoms with Crippen molar-refractivity contribution in [1.29, 1.82) is 0 Å². The van der Waals surface area contributed by atoms with Crippen LogP contribution in [0.25, 0.3) is 0 Å². The van der Waals surface area contributed by atoms with Crippen LogP contribution >= 0.6 is 0 Å². The van der Waals surface area contributed by atoms with Gasteiger partial charge in [-0.25, -0.2) is 0 Å². The molecule has 1 aromatic rings. The molecule has 0 amide bonds. The van der Waals surface area contributed by atoms with Crippen LogP contribution in [0, 0.1) is 4.91 Å². The maximum absolute atomic E-state index is 12.0. The SMILES string of the molecule is CCN(CC)C(Cc1cc(OC)ccn1)(N=O)C(=O)C=O. The summed E-state index contributed by atoms with van der Waals surface area (Å²) in [6.07, 6.45) is 1.57. The van der Waals surface area contributed by atoms with Crippen LogP contribution in [-0.4, -0.2) is 47.8 Å². The zero-order valence-corrected chi connectivity index (χ0v) is 12.4. The lowest BCUT2D eigenvalue weighted by Crippen LogP contribution is -2.55. The summed E-state index contributed by atoms with van der Waals surface area (Å²) in [7, 11) is 1.51. The molecule has 1 unspecified atom stereocenters. The Morgan fingerprint density at radius 1 is 1.48 bits per heavy atom. The van der Waals surface area contributed by atoms with Crippen LogP contribution in [0.4, 0.5) is 0 Å². The average Bonchev–Trinajstić information content (AvgIpc) is 2.54. The molecule has 0 spiro atoms. The predicted molar refractivity (Wildman–Crippen MR) is 77.0 cm³/mol. The highest BCUT2D eigenvalue weighted by Crippen LogP contribution is 2.24. The van der Waals surface area contributed by atoms with Crippen molar-refractivity contribution in [2.45, 2.75) is 25.9 Å². The normalized spacial score (nSPS) is 13.5. The van der Waals surface area contributed by atoms with Gasteiger partial charge in [-0.2, -0.15) is 0 Å². The molecule has 0 aliphatic carbocycles. The van der Waals surface area contributed by atoms with Crippen LogP contribution in [0.3, 0.4) is 0 Å². The van der Waals surface area contributed by atoms with Gasteiger partial charge in [-0.15, -0.1) is 4.91 Å². The summed E-state index contributed by atoms with van der Waals surface area (Å²) in [5.41, 5.74) is -1.30. The number of nitrogens with zero attached hydrogens (tertiary/aromatic N) is 3. The average molecular weight is 293 g/mol. The van der Waals surface area contributed by atoms with E-state index in [2.05, 4.69) is 10.2 Å². The van der Waals surface area contributed by atoms with Crippen LogP contribution < -0.4 is 4.74 Å². The Morgan fingerprint density at radius 2 is 2.14 bits per heavy atom. The number of carbonyl (C=O) groups excluding carboxylic acids is 2. The highest BCUT2D eigenvalue weighted by atomic mass is 16.5. The van der Waals surface area contributed by atoms with Gasteiger partial charge in [-0.1, -0.05) is 13.8 Å². The monoisotopic (exact) mass is 293 g/mol. The summed E-state index contributed by atoms with van der Waals surface area (Å²) in [5, 5.41) is 3.00. The fraction of sp³-hybridized carbons (Fsp3) is 0.500. The van der Waals surface area contributed by atoms with Crippen LogP contribution in [0.2, 0.25) is 0 Å². The van der Waals surface area contributed by atoms with Gasteiger partial charge in [0.2, 0.25) is 11.4 Å². The molecule has 7 nitrogen and oxygen atoms in total. The molecule has 1 aromatic heterocycles. The summed E-state index contributed by atoms with van der Waals surface area (Å²) < 4.78 is 5.09. The van der Waals surface area contributed by atoms with Crippen LogP contribution in [-0.2, 0) is 16.0 Å². The third-order valence-electron chi connectivity index (χ3n) is 3.39. The number of hydrogen-bond acceptors (Lipinski definition) is 7. The van der Waals surface area contributed by atoms with Gasteiger partial charge in [0, 0.05) is 24.4 Å². The number of nitroso groups, excluding NO2 is 1. The number of ketones is 1. The second-order valence-corrected chi connectivity index (χ2v) is 4.43. The minimum absolute atomic E-state index is 0.0764. The summed E-state index contributed by atoms with van der Waals surface area (Å²) >= 11 is 0. The van der Waals surface area contributed by atoms with Crippen molar-refractivity contribution in [2.75, 3.05) is 20.2 Å². The first-order valence-corrected chi connectivity index (χ1v) is 6.66. The summed E-state index contributed by atoms with van der Waals surface area (Å²) in [4.78, 5) is 40.0. The van der Waals surface area contributed by atoms with Crippen molar-refractivity contribution in [1.82, 2.24) is 9.88 Å². The minimum Gasteiger partial charge on any atom is -0.497 e. The van der Waals surface area contributed by atoms with Crippen molar-refractivity contribution in [3.05, 3.63) is 28.9 Å². The molecule has 0 radical (unpaired) electrons. The second-order valence-electron chi connectivity index (χ2n) is 4.43. The quantitative estimate of drug-likeness (QED) is 0.386. The summed E-state index contributed by atoms with van der Waals surface area (Å²) in [6, 6.07) is 3.26. The van der Waals surface area contributed by atoms with E-state index in [4.69, 9.17) is 4.74 Å². The number of carbonyl (C=O) groups is 2. The Bertz CT molecular complexity index is 517. The fourth-order valence-corrected chi connectivity index (χ4v) is 2.26. The topological polar surface area (TPSA) is 88.9 Å². The van der Waals surface area contributed by atoms with E-state index in [1.54, 1.807) is 30.9 Å². The number of likely N-dealkylation sites (N-methyl/N-ethyl adjacent to an activating group) is 1. The Hall–Kier alpha value is -2.15. The summed E-state index contributed by atoms with van der Waals surface area (Å²) in [6.45, 7) is 4.40. The molecule has 0 aliphatic heterocycles. The van der Waals surface area contributed by atoms with Gasteiger partial charge in [0.15, 0.2) is 6.29 Å². The van der Waals surface area contributed by atoms with E-state index in [-0.39, 0.29) is 12.7 Å². The molecule has 0 fully saturated rings. The van der Waals surface area contributed by atoms with E-state index in [1.165, 1.54) is 13.3 Å². The van der Waals surface area contributed by atoms with Crippen molar-refractivity contribution in [3.63, 3.8) is 0 Å². The molecular weight excluding hydrogens is 274 g/mol. The number of Topliss-reactive ketones (excluding diaryl/α,β-unsaturated/α-hetero) is 1. The highest BCUT2D eigenvalue weighted by Gasteiger charge is 2.45. The third kappa shape index (κ3) is 3.49. The molecule has 0 aliphatic rings. The maximum atomic E-state index is 12.0. The minimum atomic E-state index is -1.76. The lowest BCUT2D eigenvalue weighted by Gasteiger charge is -2.34. The smallest absolute Gasteiger partial charge is 0.241 e. The van der Waals surface area contributed by atoms with E-state index in [1.807, 2.05) is 0 Å². The molecule has 7 heteroatoms. The Kier molecular flexibility index (Phi) is 6.10. The number of pyridine rings is 1. The highest BCUT2D eigenvalue weighted by molar-refractivity contribution is 6.29. The van der Waals surface area contributed by atoms with Crippen molar-refractivity contribution in [2.24, 2.45) is 5.18 Å². The number of methoxy groups -OCH3 is 1. The van der Waals surface area contributed by atoms with Gasteiger partial charge >= 0.3 is 0 Å². The zero-order chi connectivity index (χ0) is 15.9. The predicted octanol–water partition coefficient (Wildman–Crippen LogP) is 1.21. The first-order valence-electron chi connectivity index (χ1n) is 6.66. The lowest BCUT2D eigenvalue weighted by molar-refractivity contribution is -0.138. The lowest BCUT2D eigenvalue weighted by atomic mass is 9.97. The van der Waals surface area contributed by atoms with Crippen LogP contribution in [0.1, 0.15) is 19.5 Å². The van der Waals surface area contributed by atoms with Crippen LogP contribution in [0.15, 0.2) is 23.5 Å². The molecule has 1 rings (SSSR count). The van der Waals surface area contributed by atoms with Gasteiger partial charge in [-0.3, -0.25) is 19.5 Å². The molecule has 0 aromatic carbocycles. The second kappa shape index (κ2) is 7.58. The molecule has 21 heavy (non-hydrogen) atoms. The number of aldehydes is 1. The standard InChI is InChI=1S/C14H19N3O4/c1-4-17(5-2)14(16-20,13(19)10-18)9-11-8-12(21-3)6-7-15-11/h6-8,10H,4-5,9H2,1-3H3. The Labute approximate surface area is 123 Å². The van der Waals surface area contributed by atoms with Crippen LogP contribution in [0.5, 0.6) is 5.75 Å². The molecule has 114 valence electrons. The first-order chi connectivity index (χ1) is 10.1. The van der Waals surface area contributed by atoms with Gasteiger partial charge in [0.25, 0.3) is 0 Å². The zero-order valence-electron chi connectivity index (χ0n) is 12.4.